The molecule has 0 unspecified atom stereocenters. The van der Waals surface area contributed by atoms with E-state index < -0.39 is 0 Å². The van der Waals surface area contributed by atoms with Gasteiger partial charge in [0.1, 0.15) is 0 Å². The van der Waals surface area contributed by atoms with Crippen molar-refractivity contribution in [3.63, 3.8) is 0 Å². The zero-order valence-electron chi connectivity index (χ0n) is 10.5. The van der Waals surface area contributed by atoms with Crippen LogP contribution in [0.25, 0.3) is 22.2 Å². The number of rotatable bonds is 2. The number of nitrogens with zero attached hydrogens (tertiary/aromatic N) is 3. The van der Waals surface area contributed by atoms with Gasteiger partial charge in [-0.25, -0.2) is 0 Å². The maximum absolute atomic E-state index is 6.07. The largest absolute Gasteiger partial charge is 0.398 e. The molecule has 0 radical (unpaired) electrons. The van der Waals surface area contributed by atoms with E-state index in [9.17, 15) is 0 Å². The normalized spacial score (nSPS) is 10.8. The third kappa shape index (κ3) is 2.10. The van der Waals surface area contributed by atoms with Crippen molar-refractivity contribution in [2.45, 2.75) is 13.8 Å². The molecule has 0 bridgehead atoms. The van der Waals surface area contributed by atoms with Crippen LogP contribution in [0.2, 0.25) is 0 Å². The number of hydrogen-bond donors (Lipinski definition) is 1. The van der Waals surface area contributed by atoms with E-state index in [1.54, 1.807) is 11.7 Å². The second-order valence-electron chi connectivity index (χ2n) is 4.33. The van der Waals surface area contributed by atoms with E-state index in [4.69, 9.17) is 10.3 Å². The van der Waals surface area contributed by atoms with E-state index in [2.05, 4.69) is 15.1 Å². The van der Waals surface area contributed by atoms with E-state index >= 15 is 0 Å². The fraction of sp³-hybridized carbons (Fsp3) is 0.154. The monoisotopic (exact) mass is 272 g/mol. The van der Waals surface area contributed by atoms with Crippen molar-refractivity contribution in [1.82, 2.24) is 15.1 Å². The first-order chi connectivity index (χ1) is 9.15. The molecule has 0 spiro atoms. The molecule has 6 heteroatoms. The summed E-state index contributed by atoms with van der Waals surface area (Å²) < 4.78 is 5.30. The molecule has 5 nitrogen and oxygen atoms in total. The third-order valence-electron chi connectivity index (χ3n) is 2.84. The summed E-state index contributed by atoms with van der Waals surface area (Å²) in [6, 6.07) is 3.98. The average Bonchev–Trinajstić information content (AvgIpc) is 3.03. The lowest BCUT2D eigenvalue weighted by molar-refractivity contribution is 0.432. The second-order valence-corrected chi connectivity index (χ2v) is 5.22. The number of anilines is 1. The molecule has 2 heterocycles. The van der Waals surface area contributed by atoms with Crippen LogP contribution in [0.5, 0.6) is 0 Å². The predicted octanol–water partition coefficient (Wildman–Crippen LogP) is 3.06. The molecule has 3 rings (SSSR count). The minimum atomic E-state index is 0.438. The maximum atomic E-state index is 6.07. The number of hydrogen-bond acceptors (Lipinski definition) is 6. The maximum Gasteiger partial charge on any atom is 0.260 e. The summed E-state index contributed by atoms with van der Waals surface area (Å²) in [7, 11) is 0. The fourth-order valence-corrected chi connectivity index (χ4v) is 2.46. The summed E-state index contributed by atoms with van der Waals surface area (Å²) in [4.78, 5) is 9.25. The van der Waals surface area contributed by atoms with Gasteiger partial charge in [-0.1, -0.05) is 11.2 Å². The van der Waals surface area contributed by atoms with Gasteiger partial charge in [0.25, 0.3) is 5.89 Å². The first-order valence-electron chi connectivity index (χ1n) is 5.75. The van der Waals surface area contributed by atoms with Gasteiger partial charge in [0, 0.05) is 11.9 Å². The first-order valence-corrected chi connectivity index (χ1v) is 6.63. The van der Waals surface area contributed by atoms with Crippen LogP contribution < -0.4 is 5.73 Å². The number of aryl methyl sites for hydroxylation is 2. The molecular weight excluding hydrogens is 260 g/mol. The Kier molecular flexibility index (Phi) is 2.79. The molecule has 2 N–H and O–H groups in total. The minimum absolute atomic E-state index is 0.438. The molecule has 0 atom stereocenters. The molecule has 0 amide bonds. The Morgan fingerprint density at radius 2 is 2.11 bits per heavy atom. The average molecular weight is 272 g/mol. The number of aromatic nitrogens is 3. The van der Waals surface area contributed by atoms with Crippen molar-refractivity contribution < 1.29 is 4.52 Å². The molecular formula is C13H12N4OS. The summed E-state index contributed by atoms with van der Waals surface area (Å²) >= 11 is 1.47. The van der Waals surface area contributed by atoms with Gasteiger partial charge in [0.2, 0.25) is 5.82 Å². The van der Waals surface area contributed by atoms with Crippen molar-refractivity contribution in [2.75, 3.05) is 5.73 Å². The highest BCUT2D eigenvalue weighted by Gasteiger charge is 2.15. The zero-order chi connectivity index (χ0) is 13.4. The Hall–Kier alpha value is -2.21. The number of nitrogens with two attached hydrogens (primary N) is 1. The molecule has 3 aromatic rings. The van der Waals surface area contributed by atoms with Gasteiger partial charge < -0.3 is 10.3 Å². The van der Waals surface area contributed by atoms with Crippen LogP contribution in [-0.4, -0.2) is 15.1 Å². The summed E-state index contributed by atoms with van der Waals surface area (Å²) in [5, 5.41) is 3.96. The van der Waals surface area contributed by atoms with Crippen LogP contribution in [0.1, 0.15) is 11.1 Å². The molecule has 2 aromatic heterocycles. The highest BCUT2D eigenvalue weighted by molar-refractivity contribution is 7.13. The number of nitrogen functional groups attached to an aromatic ring is 1. The number of thiazole rings is 1. The Balaban J connectivity index is 2.09. The van der Waals surface area contributed by atoms with E-state index in [1.807, 2.05) is 26.0 Å². The van der Waals surface area contributed by atoms with Gasteiger partial charge in [0.15, 0.2) is 0 Å². The Morgan fingerprint density at radius 1 is 1.26 bits per heavy atom. The molecule has 1 aromatic carbocycles. The Labute approximate surface area is 114 Å². The summed E-state index contributed by atoms with van der Waals surface area (Å²) in [6.45, 7) is 3.97. The molecule has 0 aliphatic heterocycles. The summed E-state index contributed by atoms with van der Waals surface area (Å²) in [5.74, 6) is 0.976. The van der Waals surface area contributed by atoms with Crippen molar-refractivity contribution in [2.24, 2.45) is 0 Å². The van der Waals surface area contributed by atoms with E-state index in [0.29, 0.717) is 17.4 Å². The molecule has 0 saturated carbocycles. The lowest BCUT2D eigenvalue weighted by atomic mass is 10.0. The molecule has 0 aliphatic rings. The highest BCUT2D eigenvalue weighted by Crippen LogP contribution is 2.30. The van der Waals surface area contributed by atoms with Gasteiger partial charge in [-0.15, -0.1) is 11.3 Å². The van der Waals surface area contributed by atoms with Gasteiger partial charge >= 0.3 is 0 Å². The van der Waals surface area contributed by atoms with Crippen molar-refractivity contribution in [1.29, 1.82) is 0 Å². The van der Waals surface area contributed by atoms with Gasteiger partial charge in [-0.05, 0) is 31.0 Å². The standard InChI is InChI=1S/C13H12N4OS/c1-7-3-8(2)11(14)9(4-7)13-16-12(17-18-13)10-5-15-6-19-10/h3-6H,14H2,1-2H3. The second kappa shape index (κ2) is 4.47. The van der Waals surface area contributed by atoms with E-state index in [-0.39, 0.29) is 0 Å². The molecule has 19 heavy (non-hydrogen) atoms. The number of benzene rings is 1. The minimum Gasteiger partial charge on any atom is -0.398 e. The van der Waals surface area contributed by atoms with Gasteiger partial charge in [-0.3, -0.25) is 4.98 Å². The van der Waals surface area contributed by atoms with E-state index in [1.165, 1.54) is 11.3 Å². The Bertz CT molecular complexity index is 718. The SMILES string of the molecule is Cc1cc(C)c(N)c(-c2nc(-c3cncs3)no2)c1. The van der Waals surface area contributed by atoms with Gasteiger partial charge in [-0.2, -0.15) is 4.98 Å². The van der Waals surface area contributed by atoms with Crippen molar-refractivity contribution in [3.05, 3.63) is 35.0 Å². The van der Waals surface area contributed by atoms with E-state index in [0.717, 1.165) is 21.6 Å². The van der Waals surface area contributed by atoms with Crippen LogP contribution >= 0.6 is 11.3 Å². The van der Waals surface area contributed by atoms with Crippen molar-refractivity contribution >= 4 is 17.0 Å². The molecule has 0 saturated heterocycles. The smallest absolute Gasteiger partial charge is 0.260 e. The third-order valence-corrected chi connectivity index (χ3v) is 3.61. The molecule has 0 aliphatic carbocycles. The lowest BCUT2D eigenvalue weighted by Crippen LogP contribution is -1.95. The topological polar surface area (TPSA) is 77.8 Å². The van der Waals surface area contributed by atoms with Crippen LogP contribution in [0, 0.1) is 13.8 Å². The Morgan fingerprint density at radius 3 is 2.84 bits per heavy atom. The molecule has 96 valence electrons. The fourth-order valence-electron chi connectivity index (χ4n) is 1.91. The first kappa shape index (κ1) is 11.9. The predicted molar refractivity (Wildman–Crippen MR) is 74.7 cm³/mol. The zero-order valence-corrected chi connectivity index (χ0v) is 11.4. The lowest BCUT2D eigenvalue weighted by Gasteiger charge is -2.06. The summed E-state index contributed by atoms with van der Waals surface area (Å²) in [5.41, 5.74) is 11.4. The van der Waals surface area contributed by atoms with Crippen LogP contribution in [0.4, 0.5) is 5.69 Å². The van der Waals surface area contributed by atoms with Crippen LogP contribution in [-0.2, 0) is 0 Å². The quantitative estimate of drug-likeness (QED) is 0.725. The van der Waals surface area contributed by atoms with Gasteiger partial charge in [0.05, 0.1) is 16.0 Å². The summed E-state index contributed by atoms with van der Waals surface area (Å²) in [6.07, 6.45) is 1.71. The molecule has 0 fully saturated rings. The van der Waals surface area contributed by atoms with Crippen LogP contribution in [0.3, 0.4) is 0 Å². The van der Waals surface area contributed by atoms with Crippen LogP contribution in [0.15, 0.2) is 28.4 Å². The van der Waals surface area contributed by atoms with Crippen molar-refractivity contribution in [3.8, 4) is 22.2 Å². The highest BCUT2D eigenvalue weighted by atomic mass is 32.1.